The predicted octanol–water partition coefficient (Wildman–Crippen LogP) is 3.38. The molecular formula is C26H50N2O6. The van der Waals surface area contributed by atoms with Crippen molar-refractivity contribution in [1.82, 2.24) is 10.6 Å². The molecule has 0 aliphatic heterocycles. The summed E-state index contributed by atoms with van der Waals surface area (Å²) in [5.41, 5.74) is 0. The second kappa shape index (κ2) is 19.0. The molecule has 0 radical (unpaired) electrons. The molecular weight excluding hydrogens is 436 g/mol. The summed E-state index contributed by atoms with van der Waals surface area (Å²) >= 11 is 0. The lowest BCUT2D eigenvalue weighted by Crippen LogP contribution is -2.50. The van der Waals surface area contributed by atoms with Gasteiger partial charge in [-0.1, -0.05) is 64.7 Å². The first kappa shape index (κ1) is 30.8. The van der Waals surface area contributed by atoms with Crippen molar-refractivity contribution < 1.29 is 29.6 Å². The molecule has 8 nitrogen and oxygen atoms in total. The zero-order chi connectivity index (χ0) is 25.2. The molecule has 8 heteroatoms. The molecule has 1 fully saturated rings. The fraction of sp³-hybridized carbons (Fsp3) is 0.923. The fourth-order valence-electron chi connectivity index (χ4n) is 4.64. The predicted molar refractivity (Wildman–Crippen MR) is 134 cm³/mol. The Morgan fingerprint density at radius 3 is 2.12 bits per heavy atom. The van der Waals surface area contributed by atoms with E-state index in [2.05, 4.69) is 17.6 Å². The average Bonchev–Trinajstić information content (AvgIpc) is 2.81. The molecule has 5 N–H and O–H groups in total. The van der Waals surface area contributed by atoms with E-state index < -0.39 is 30.1 Å². The number of aliphatic hydroxyl groups excluding tert-OH is 2. The number of carboxylic acid groups (broad SMARTS) is 1. The minimum Gasteiger partial charge on any atom is -0.480 e. The quantitative estimate of drug-likeness (QED) is 0.167. The molecule has 0 bridgehead atoms. The first-order valence-electron chi connectivity index (χ1n) is 13.6. The zero-order valence-corrected chi connectivity index (χ0v) is 21.5. The van der Waals surface area contributed by atoms with Gasteiger partial charge in [-0.3, -0.25) is 9.59 Å². The fourth-order valence-corrected chi connectivity index (χ4v) is 4.64. The van der Waals surface area contributed by atoms with Crippen LogP contribution in [-0.2, 0) is 14.3 Å². The molecule has 0 aromatic heterocycles. The Morgan fingerprint density at radius 1 is 0.912 bits per heavy atom. The normalized spacial score (nSPS) is 23.5. The molecule has 0 aromatic rings. The maximum Gasteiger partial charge on any atom is 0.320 e. The molecule has 0 unspecified atom stereocenters. The number of likely N-dealkylation sites (N-methyl/N-ethyl adjacent to an activating group) is 1. The monoisotopic (exact) mass is 486 g/mol. The van der Waals surface area contributed by atoms with Crippen LogP contribution in [0.5, 0.6) is 0 Å². The van der Waals surface area contributed by atoms with E-state index in [0.29, 0.717) is 45.3 Å². The highest BCUT2D eigenvalue weighted by molar-refractivity contribution is 5.79. The number of hydrogen-bond donors (Lipinski definition) is 5. The lowest BCUT2D eigenvalue weighted by atomic mass is 9.82. The van der Waals surface area contributed by atoms with Crippen LogP contribution < -0.4 is 10.6 Å². The van der Waals surface area contributed by atoms with E-state index >= 15 is 0 Å². The van der Waals surface area contributed by atoms with Crippen molar-refractivity contribution >= 4 is 11.9 Å². The Bertz CT molecular complexity index is 547. The smallest absolute Gasteiger partial charge is 0.320 e. The van der Waals surface area contributed by atoms with Crippen LogP contribution >= 0.6 is 0 Å². The van der Waals surface area contributed by atoms with E-state index in [-0.39, 0.29) is 12.0 Å². The van der Waals surface area contributed by atoms with Gasteiger partial charge in [0.1, 0.15) is 6.04 Å². The largest absolute Gasteiger partial charge is 0.480 e. The zero-order valence-electron chi connectivity index (χ0n) is 21.5. The summed E-state index contributed by atoms with van der Waals surface area (Å²) in [5, 5.41) is 35.1. The van der Waals surface area contributed by atoms with Crippen LogP contribution in [0.25, 0.3) is 0 Å². The minimum absolute atomic E-state index is 0.223. The van der Waals surface area contributed by atoms with E-state index in [1.165, 1.54) is 51.4 Å². The number of aliphatic hydroxyl groups is 2. The number of unbranched alkanes of at least 4 members (excludes halogenated alkanes) is 10. The molecule has 0 saturated heterocycles. The van der Waals surface area contributed by atoms with Crippen LogP contribution in [0.2, 0.25) is 0 Å². The van der Waals surface area contributed by atoms with Gasteiger partial charge in [0, 0.05) is 19.6 Å². The van der Waals surface area contributed by atoms with Crippen LogP contribution in [0.4, 0.5) is 0 Å². The van der Waals surface area contributed by atoms with Crippen molar-refractivity contribution in [2.24, 2.45) is 5.92 Å². The molecule has 1 rings (SSSR count). The molecule has 0 spiro atoms. The van der Waals surface area contributed by atoms with Crippen molar-refractivity contribution in [1.29, 1.82) is 0 Å². The van der Waals surface area contributed by atoms with Gasteiger partial charge in [-0.15, -0.1) is 0 Å². The lowest BCUT2D eigenvalue weighted by Gasteiger charge is -2.36. The maximum atomic E-state index is 12.6. The van der Waals surface area contributed by atoms with Crippen molar-refractivity contribution in [3.8, 4) is 0 Å². The van der Waals surface area contributed by atoms with E-state index in [0.717, 1.165) is 12.8 Å². The van der Waals surface area contributed by atoms with E-state index in [1.54, 1.807) is 7.05 Å². The highest BCUT2D eigenvalue weighted by Crippen LogP contribution is 2.28. The molecule has 1 amide bonds. The van der Waals surface area contributed by atoms with Crippen LogP contribution in [-0.4, -0.2) is 71.7 Å². The Hall–Kier alpha value is -1.22. The number of carboxylic acids is 1. The molecule has 0 heterocycles. The van der Waals surface area contributed by atoms with Crippen molar-refractivity contribution in [2.75, 3.05) is 20.2 Å². The number of nitrogens with one attached hydrogen (secondary N) is 2. The van der Waals surface area contributed by atoms with Gasteiger partial charge in [-0.25, -0.2) is 0 Å². The van der Waals surface area contributed by atoms with Crippen LogP contribution in [0.3, 0.4) is 0 Å². The third kappa shape index (κ3) is 13.0. The minimum atomic E-state index is -1.09. The molecule has 0 aromatic carbocycles. The summed E-state index contributed by atoms with van der Waals surface area (Å²) in [6.45, 7) is 3.27. The summed E-state index contributed by atoms with van der Waals surface area (Å²) in [6.07, 6.45) is 12.9. The van der Waals surface area contributed by atoms with Crippen LogP contribution in [0.15, 0.2) is 0 Å². The first-order valence-corrected chi connectivity index (χ1v) is 13.6. The summed E-state index contributed by atoms with van der Waals surface area (Å²) < 4.78 is 5.94. The highest BCUT2D eigenvalue weighted by atomic mass is 16.5. The topological polar surface area (TPSA) is 128 Å². The van der Waals surface area contributed by atoms with Gasteiger partial charge in [-0.2, -0.15) is 0 Å². The van der Waals surface area contributed by atoms with Crippen molar-refractivity contribution in [3.63, 3.8) is 0 Å². The Labute approximate surface area is 206 Å². The third-order valence-corrected chi connectivity index (χ3v) is 6.88. The standard InChI is InChI=1S/C26H50N2O6/c1-3-4-5-6-7-8-9-10-11-14-17-34-20-18-21(24(30)23(29)19-20)25(31)28-16-13-12-15-22(27-2)26(32)33/h20-24,27,29-30H,3-19H2,1-2H3,(H,28,31)(H,32,33)/t20-,21+,22+,23-,24-/m1/s1. The molecule has 1 aliphatic rings. The summed E-state index contributed by atoms with van der Waals surface area (Å²) in [7, 11) is 1.62. The molecule has 34 heavy (non-hydrogen) atoms. The summed E-state index contributed by atoms with van der Waals surface area (Å²) in [6, 6.07) is -0.584. The number of amides is 1. The van der Waals surface area contributed by atoms with Gasteiger partial charge in [0.05, 0.1) is 24.2 Å². The lowest BCUT2D eigenvalue weighted by molar-refractivity contribution is -0.144. The Morgan fingerprint density at radius 2 is 1.53 bits per heavy atom. The number of rotatable bonds is 20. The van der Waals surface area contributed by atoms with Crippen molar-refractivity contribution in [3.05, 3.63) is 0 Å². The highest BCUT2D eigenvalue weighted by Gasteiger charge is 2.40. The number of ether oxygens (including phenoxy) is 1. The van der Waals surface area contributed by atoms with Gasteiger partial charge in [0.2, 0.25) is 5.91 Å². The first-order chi connectivity index (χ1) is 16.4. The molecule has 5 atom stereocenters. The van der Waals surface area contributed by atoms with E-state index in [4.69, 9.17) is 9.84 Å². The second-order valence-electron chi connectivity index (χ2n) is 9.78. The average molecular weight is 487 g/mol. The summed E-state index contributed by atoms with van der Waals surface area (Å²) in [5.74, 6) is -1.84. The number of carbonyl (C=O) groups excluding carboxylic acids is 1. The molecule has 1 aliphatic carbocycles. The number of carbonyl (C=O) groups is 2. The van der Waals surface area contributed by atoms with E-state index in [1.807, 2.05) is 0 Å². The Balaban J connectivity index is 2.19. The van der Waals surface area contributed by atoms with Gasteiger partial charge in [0.15, 0.2) is 0 Å². The van der Waals surface area contributed by atoms with Crippen LogP contribution in [0, 0.1) is 5.92 Å². The maximum absolute atomic E-state index is 12.6. The second-order valence-corrected chi connectivity index (χ2v) is 9.78. The van der Waals surface area contributed by atoms with Gasteiger partial charge >= 0.3 is 5.97 Å². The third-order valence-electron chi connectivity index (χ3n) is 6.88. The Kier molecular flexibility index (Phi) is 17.2. The number of hydrogen-bond acceptors (Lipinski definition) is 6. The SMILES string of the molecule is CCCCCCCCCCCCO[C@H]1C[C@@H](O)[C@H](O)[C@@H](C(=O)NCCCC[C@H](NC)C(=O)O)C1. The van der Waals surface area contributed by atoms with Crippen molar-refractivity contribution in [2.45, 2.75) is 128 Å². The van der Waals surface area contributed by atoms with Crippen LogP contribution in [0.1, 0.15) is 103 Å². The summed E-state index contributed by atoms with van der Waals surface area (Å²) in [4.78, 5) is 23.6. The van der Waals surface area contributed by atoms with E-state index in [9.17, 15) is 19.8 Å². The van der Waals surface area contributed by atoms with Gasteiger partial charge in [0.25, 0.3) is 0 Å². The number of aliphatic carboxylic acids is 1. The molecule has 200 valence electrons. The van der Waals surface area contributed by atoms with Gasteiger partial charge < -0.3 is 30.7 Å². The van der Waals surface area contributed by atoms with Gasteiger partial charge in [-0.05, 0) is 39.2 Å². The molecule has 1 saturated carbocycles.